The number of furan rings is 2. The van der Waals surface area contributed by atoms with Gasteiger partial charge in [-0.05, 0) is 122 Å². The number of hydrogen-bond acceptors (Lipinski definition) is 3. The molecule has 2 aromatic heterocycles. The third-order valence-corrected chi connectivity index (χ3v) is 14.6. The molecule has 2 heterocycles. The largest absolute Gasteiger partial charge is 0.456 e. The van der Waals surface area contributed by atoms with Crippen molar-refractivity contribution in [3.63, 3.8) is 0 Å². The molecule has 0 unspecified atom stereocenters. The first-order valence-corrected chi connectivity index (χ1v) is 24.0. The topological polar surface area (TPSA) is 29.5 Å². The Hall–Kier alpha value is -9.18. The highest BCUT2D eigenvalue weighted by atomic mass is 16.3. The molecule has 0 amide bonds. The monoisotopic (exact) mass is 893 g/mol. The molecule has 1 aliphatic rings. The molecule has 1 aliphatic carbocycles. The van der Waals surface area contributed by atoms with Crippen LogP contribution < -0.4 is 4.90 Å². The number of para-hydroxylation sites is 3. The lowest BCUT2D eigenvalue weighted by atomic mass is 9.68. The van der Waals surface area contributed by atoms with Crippen molar-refractivity contribution in [2.24, 2.45) is 0 Å². The highest BCUT2D eigenvalue weighted by Gasteiger charge is 2.46. The Morgan fingerprint density at radius 2 is 0.743 bits per heavy atom. The van der Waals surface area contributed by atoms with Gasteiger partial charge in [-0.25, -0.2) is 0 Å². The van der Waals surface area contributed by atoms with Gasteiger partial charge in [0.1, 0.15) is 22.3 Å². The maximum Gasteiger partial charge on any atom is 0.143 e. The van der Waals surface area contributed by atoms with E-state index < -0.39 is 5.41 Å². The Bertz CT molecular complexity index is 4050. The van der Waals surface area contributed by atoms with E-state index in [1.807, 2.05) is 24.3 Å². The third-order valence-electron chi connectivity index (χ3n) is 14.6. The van der Waals surface area contributed by atoms with Crippen LogP contribution in [0, 0.1) is 0 Å². The van der Waals surface area contributed by atoms with Crippen LogP contribution in [0.15, 0.2) is 270 Å². The van der Waals surface area contributed by atoms with Crippen LogP contribution in [0.2, 0.25) is 0 Å². The minimum atomic E-state index is -0.476. The van der Waals surface area contributed by atoms with Crippen molar-refractivity contribution < 1.29 is 8.83 Å². The predicted molar refractivity (Wildman–Crippen MR) is 289 cm³/mol. The first-order chi connectivity index (χ1) is 34.7. The molecule has 70 heavy (non-hydrogen) atoms. The van der Waals surface area contributed by atoms with Crippen LogP contribution in [0.25, 0.3) is 88.4 Å². The Kier molecular flexibility index (Phi) is 9.11. The Balaban J connectivity index is 0.875. The lowest BCUT2D eigenvalue weighted by Crippen LogP contribution is -2.28. The van der Waals surface area contributed by atoms with Gasteiger partial charge in [0.2, 0.25) is 0 Å². The van der Waals surface area contributed by atoms with Crippen LogP contribution in [0.5, 0.6) is 0 Å². The van der Waals surface area contributed by atoms with E-state index in [0.29, 0.717) is 0 Å². The number of anilines is 3. The highest BCUT2D eigenvalue weighted by molar-refractivity contribution is 6.10. The fourth-order valence-corrected chi connectivity index (χ4v) is 11.4. The molecule has 11 aromatic carbocycles. The van der Waals surface area contributed by atoms with E-state index >= 15 is 0 Å². The molecule has 0 fully saturated rings. The normalized spacial score (nSPS) is 12.7. The van der Waals surface area contributed by atoms with E-state index in [2.05, 4.69) is 241 Å². The molecule has 0 bridgehead atoms. The van der Waals surface area contributed by atoms with Gasteiger partial charge in [-0.1, -0.05) is 200 Å². The summed E-state index contributed by atoms with van der Waals surface area (Å²) < 4.78 is 12.6. The van der Waals surface area contributed by atoms with Gasteiger partial charge in [-0.15, -0.1) is 0 Å². The molecule has 0 saturated carbocycles. The molecule has 3 heteroatoms. The smallest absolute Gasteiger partial charge is 0.143 e. The fourth-order valence-electron chi connectivity index (χ4n) is 11.4. The maximum atomic E-state index is 6.40. The van der Waals surface area contributed by atoms with E-state index in [9.17, 15) is 0 Å². The first kappa shape index (κ1) is 39.9. The quantitative estimate of drug-likeness (QED) is 0.152. The molecule has 0 N–H and O–H groups in total. The molecule has 0 radical (unpaired) electrons. The Morgan fingerprint density at radius 1 is 0.271 bits per heavy atom. The predicted octanol–water partition coefficient (Wildman–Crippen LogP) is 18.3. The van der Waals surface area contributed by atoms with Gasteiger partial charge in [0.25, 0.3) is 0 Å². The van der Waals surface area contributed by atoms with Crippen LogP contribution in [-0.4, -0.2) is 0 Å². The minimum absolute atomic E-state index is 0.476. The summed E-state index contributed by atoms with van der Waals surface area (Å²) in [6.45, 7) is 0. The van der Waals surface area contributed by atoms with Gasteiger partial charge in [0.05, 0.1) is 5.41 Å². The molecule has 0 spiro atoms. The van der Waals surface area contributed by atoms with Gasteiger partial charge in [-0.2, -0.15) is 0 Å². The second-order valence-corrected chi connectivity index (χ2v) is 18.4. The molecular weight excluding hydrogens is 851 g/mol. The van der Waals surface area contributed by atoms with Gasteiger partial charge in [-0.3, -0.25) is 0 Å². The number of fused-ring (bicyclic) bond motifs is 9. The van der Waals surface area contributed by atoms with E-state index in [1.54, 1.807) is 0 Å². The Labute approximate surface area is 405 Å². The second kappa shape index (κ2) is 16.0. The molecule has 328 valence electrons. The lowest BCUT2D eigenvalue weighted by molar-refractivity contribution is 0.669. The highest BCUT2D eigenvalue weighted by Crippen LogP contribution is 2.57. The van der Waals surface area contributed by atoms with E-state index in [4.69, 9.17) is 8.83 Å². The molecule has 13 aromatic rings. The summed E-state index contributed by atoms with van der Waals surface area (Å²) >= 11 is 0. The summed E-state index contributed by atoms with van der Waals surface area (Å²) in [6.07, 6.45) is 0. The van der Waals surface area contributed by atoms with Gasteiger partial charge >= 0.3 is 0 Å². The molecule has 0 saturated heterocycles. The van der Waals surface area contributed by atoms with Crippen LogP contribution in [0.4, 0.5) is 17.1 Å². The molecule has 14 rings (SSSR count). The molecule has 3 nitrogen and oxygen atoms in total. The average molecular weight is 894 g/mol. The SMILES string of the molecule is c1ccc(C2(c3ccccc3)c3ccccc3-c3cc(N(c4ccc(-c5ccc(-c6cccc7c6oc6ccccc67)cc5)cc4)c4ccc(-c5ccc6oc7ccccc7c6c5)cc4)ccc32)cc1. The summed E-state index contributed by atoms with van der Waals surface area (Å²) in [4.78, 5) is 2.39. The summed E-state index contributed by atoms with van der Waals surface area (Å²) in [5.74, 6) is 0. The zero-order chi connectivity index (χ0) is 46.2. The van der Waals surface area contributed by atoms with Crippen LogP contribution in [-0.2, 0) is 5.41 Å². The van der Waals surface area contributed by atoms with Crippen LogP contribution in [0.3, 0.4) is 0 Å². The third kappa shape index (κ3) is 6.22. The first-order valence-electron chi connectivity index (χ1n) is 24.0. The number of rotatable bonds is 8. The summed E-state index contributed by atoms with van der Waals surface area (Å²) in [5, 5.41) is 4.52. The lowest BCUT2D eigenvalue weighted by Gasteiger charge is -2.34. The molecular formula is C67H43NO2. The van der Waals surface area contributed by atoms with E-state index in [0.717, 1.165) is 94.3 Å². The number of hydrogen-bond donors (Lipinski definition) is 0. The van der Waals surface area contributed by atoms with Crippen LogP contribution in [0.1, 0.15) is 22.3 Å². The molecule has 0 aliphatic heterocycles. The van der Waals surface area contributed by atoms with Crippen molar-refractivity contribution in [1.82, 2.24) is 0 Å². The number of nitrogens with zero attached hydrogens (tertiary/aromatic N) is 1. The summed E-state index contributed by atoms with van der Waals surface area (Å²) in [5.41, 5.74) is 20.7. The van der Waals surface area contributed by atoms with Crippen LogP contribution >= 0.6 is 0 Å². The van der Waals surface area contributed by atoms with Crippen molar-refractivity contribution in [3.05, 3.63) is 283 Å². The van der Waals surface area contributed by atoms with E-state index in [-0.39, 0.29) is 0 Å². The second-order valence-electron chi connectivity index (χ2n) is 18.4. The Morgan fingerprint density at radius 3 is 1.43 bits per heavy atom. The summed E-state index contributed by atoms with van der Waals surface area (Å²) in [7, 11) is 0. The van der Waals surface area contributed by atoms with Crippen molar-refractivity contribution >= 4 is 60.9 Å². The summed E-state index contributed by atoms with van der Waals surface area (Å²) in [6, 6.07) is 94.3. The minimum Gasteiger partial charge on any atom is -0.456 e. The molecule has 0 atom stereocenters. The van der Waals surface area contributed by atoms with Crippen molar-refractivity contribution in [3.8, 4) is 44.5 Å². The van der Waals surface area contributed by atoms with Gasteiger partial charge in [0, 0.05) is 44.2 Å². The standard InChI is InChI=1S/C67H43NO2/c1-3-14-49(15-4-1)67(50-16-5-2-6-17-50)61-23-10-7-18-55(61)59-43-53(39-40-62(59)67)68(52-37-32-46(33-38-52)48-34-41-65-60(42-48)57-20-9-11-24-63(57)69-65)51-35-30-45(31-36-51)44-26-28-47(29-27-44)54-21-13-22-58-56-19-8-12-25-64(56)70-66(54)58/h1-43H. The maximum absolute atomic E-state index is 6.40. The van der Waals surface area contributed by atoms with E-state index in [1.165, 1.54) is 33.4 Å². The zero-order valence-electron chi connectivity index (χ0n) is 38.1. The average Bonchev–Trinajstić information content (AvgIpc) is 4.10. The fraction of sp³-hybridized carbons (Fsp3) is 0.0149. The van der Waals surface area contributed by atoms with Gasteiger partial charge < -0.3 is 13.7 Å². The zero-order valence-corrected chi connectivity index (χ0v) is 38.1. The van der Waals surface area contributed by atoms with Crippen molar-refractivity contribution in [2.75, 3.05) is 4.90 Å². The van der Waals surface area contributed by atoms with Crippen molar-refractivity contribution in [1.29, 1.82) is 0 Å². The van der Waals surface area contributed by atoms with Gasteiger partial charge in [0.15, 0.2) is 0 Å². The van der Waals surface area contributed by atoms with Crippen molar-refractivity contribution in [2.45, 2.75) is 5.41 Å². The number of benzene rings is 11.